The van der Waals surface area contributed by atoms with Crippen molar-refractivity contribution >= 4 is 18.1 Å². The number of carboxylic acids is 1. The highest BCUT2D eigenvalue weighted by molar-refractivity contribution is 5.86. The quantitative estimate of drug-likeness (QED) is 0.239. The minimum atomic E-state index is -1.71. The number of aromatic hydroxyl groups is 2. The highest BCUT2D eigenvalue weighted by atomic mass is 16.7. The average molecular weight is 504 g/mol. The van der Waals surface area contributed by atoms with Gasteiger partial charge in [-0.1, -0.05) is 30.4 Å². The molecule has 3 rings (SSSR count). The van der Waals surface area contributed by atoms with Gasteiger partial charge in [0.25, 0.3) is 0 Å². The largest absolute Gasteiger partial charge is 0.508 e. The summed E-state index contributed by atoms with van der Waals surface area (Å²) in [7, 11) is 1.29. The Kier molecular flexibility index (Phi) is 9.04. The van der Waals surface area contributed by atoms with Crippen molar-refractivity contribution in [2.75, 3.05) is 13.7 Å². The molecule has 0 bridgehead atoms. The number of rotatable bonds is 9. The van der Waals surface area contributed by atoms with Gasteiger partial charge in [0.15, 0.2) is 17.8 Å². The number of phenolic OH excluding ortho intramolecular Hbond substituents is 2. The molecule has 0 amide bonds. The lowest BCUT2D eigenvalue weighted by atomic mass is 9.97. The average Bonchev–Trinajstić information content (AvgIpc) is 2.86. The summed E-state index contributed by atoms with van der Waals surface area (Å²) in [6.45, 7) is -0.666. The van der Waals surface area contributed by atoms with E-state index in [0.717, 1.165) is 6.08 Å². The van der Waals surface area contributed by atoms with E-state index in [0.29, 0.717) is 5.56 Å². The first kappa shape index (κ1) is 27.1. The van der Waals surface area contributed by atoms with Gasteiger partial charge in [-0.15, -0.1) is 0 Å². The Balaban J connectivity index is 2.10. The molecule has 1 aliphatic rings. The van der Waals surface area contributed by atoms with Gasteiger partial charge < -0.3 is 50.0 Å². The molecule has 1 saturated heterocycles. The number of hydrogen-bond acceptors (Lipinski definition) is 10. The summed E-state index contributed by atoms with van der Waals surface area (Å²) in [5, 5.41) is 69.3. The number of ether oxygens (including phenoxy) is 3. The normalized spacial score (nSPS) is 25.3. The van der Waals surface area contributed by atoms with Crippen LogP contribution in [0.1, 0.15) is 22.8 Å². The van der Waals surface area contributed by atoms with Crippen molar-refractivity contribution < 1.29 is 54.8 Å². The smallest absolute Gasteiger partial charge is 0.328 e. The van der Waals surface area contributed by atoms with E-state index < -0.39 is 49.4 Å². The van der Waals surface area contributed by atoms with Crippen LogP contribution >= 0.6 is 0 Å². The Morgan fingerprint density at radius 2 is 1.72 bits per heavy atom. The van der Waals surface area contributed by atoms with Gasteiger partial charge in [0, 0.05) is 11.6 Å². The summed E-state index contributed by atoms with van der Waals surface area (Å²) < 4.78 is 16.8. The van der Waals surface area contributed by atoms with E-state index in [-0.39, 0.29) is 28.4 Å². The number of carboxylic acid groups (broad SMARTS) is 1. The summed E-state index contributed by atoms with van der Waals surface area (Å²) in [5.41, 5.74) is 1.09. The number of hydrogen-bond donors (Lipinski definition) is 7. The zero-order valence-electron chi connectivity index (χ0n) is 19.2. The molecule has 11 nitrogen and oxygen atoms in total. The van der Waals surface area contributed by atoms with Crippen molar-refractivity contribution in [2.24, 2.45) is 0 Å². The summed E-state index contributed by atoms with van der Waals surface area (Å²) in [4.78, 5) is 11.1. The van der Waals surface area contributed by atoms with Crippen LogP contribution in [0, 0.1) is 0 Å². The number of methoxy groups -OCH3 is 1. The Labute approximate surface area is 206 Å². The molecular formula is C25H28O11. The van der Waals surface area contributed by atoms with Gasteiger partial charge in [-0.2, -0.15) is 0 Å². The van der Waals surface area contributed by atoms with Crippen LogP contribution in [0.5, 0.6) is 17.2 Å². The van der Waals surface area contributed by atoms with Crippen molar-refractivity contribution in [3.63, 3.8) is 0 Å². The molecule has 1 unspecified atom stereocenters. The second-order valence-electron chi connectivity index (χ2n) is 8.00. The standard InChI is InChI=1S/C25H28O11/c1-34-24-16(28)9-5-14(6-11-19(29)30)20(24)17(10-4-13-2-7-15(27)8-3-13)35-25-23(33)22(32)21(31)18(12-26)36-25/h2-11,17-18,21-23,25-28,31-33H,12H2,1H3,(H,29,30)/b10-4+,11-6-/t17?,18-,21-,22-,23-,25-/m1/s1. The first-order valence-corrected chi connectivity index (χ1v) is 10.9. The molecule has 0 saturated carbocycles. The zero-order chi connectivity index (χ0) is 26.4. The lowest BCUT2D eigenvalue weighted by molar-refractivity contribution is -0.308. The second-order valence-corrected chi connectivity index (χ2v) is 8.00. The van der Waals surface area contributed by atoms with Crippen LogP contribution in [0.25, 0.3) is 12.2 Å². The number of aliphatic hydroxyl groups is 4. The second kappa shape index (κ2) is 12.0. The number of aliphatic hydroxyl groups excluding tert-OH is 4. The van der Waals surface area contributed by atoms with E-state index in [9.17, 15) is 35.4 Å². The highest BCUT2D eigenvalue weighted by Crippen LogP contribution is 2.41. The number of phenols is 2. The van der Waals surface area contributed by atoms with Crippen LogP contribution in [0.3, 0.4) is 0 Å². The van der Waals surface area contributed by atoms with Gasteiger partial charge in [-0.3, -0.25) is 0 Å². The summed E-state index contributed by atoms with van der Waals surface area (Å²) >= 11 is 0. The van der Waals surface area contributed by atoms with Crippen molar-refractivity contribution in [3.05, 3.63) is 65.2 Å². The molecule has 2 aromatic carbocycles. The minimum absolute atomic E-state index is 0.0486. The van der Waals surface area contributed by atoms with Crippen molar-refractivity contribution in [1.29, 1.82) is 0 Å². The zero-order valence-corrected chi connectivity index (χ0v) is 19.2. The predicted octanol–water partition coefficient (Wildman–Crippen LogP) is 0.775. The van der Waals surface area contributed by atoms with E-state index in [1.165, 1.54) is 43.5 Å². The van der Waals surface area contributed by atoms with E-state index in [4.69, 9.17) is 19.3 Å². The lowest BCUT2D eigenvalue weighted by Crippen LogP contribution is -2.59. The summed E-state index contributed by atoms with van der Waals surface area (Å²) in [5.74, 6) is -1.50. The molecule has 0 radical (unpaired) electrons. The van der Waals surface area contributed by atoms with E-state index in [1.807, 2.05) is 0 Å². The van der Waals surface area contributed by atoms with E-state index >= 15 is 0 Å². The van der Waals surface area contributed by atoms with Gasteiger partial charge in [0.05, 0.1) is 13.7 Å². The van der Waals surface area contributed by atoms with E-state index in [1.54, 1.807) is 18.2 Å². The number of carbonyl (C=O) groups is 1. The van der Waals surface area contributed by atoms with Crippen molar-refractivity contribution in [1.82, 2.24) is 0 Å². The summed E-state index contributed by atoms with van der Waals surface area (Å²) in [6.07, 6.45) is -3.71. The molecule has 7 N–H and O–H groups in total. The van der Waals surface area contributed by atoms with Gasteiger partial charge >= 0.3 is 5.97 Å². The number of benzene rings is 2. The Morgan fingerprint density at radius 3 is 2.33 bits per heavy atom. The van der Waals surface area contributed by atoms with Crippen LogP contribution in [-0.4, -0.2) is 86.1 Å². The summed E-state index contributed by atoms with van der Waals surface area (Å²) in [6, 6.07) is 8.89. The molecular weight excluding hydrogens is 476 g/mol. The maximum absolute atomic E-state index is 11.1. The van der Waals surface area contributed by atoms with Crippen molar-refractivity contribution in [2.45, 2.75) is 36.8 Å². The van der Waals surface area contributed by atoms with Crippen LogP contribution in [-0.2, 0) is 14.3 Å². The molecule has 2 aromatic rings. The topological polar surface area (TPSA) is 186 Å². The lowest BCUT2D eigenvalue weighted by Gasteiger charge is -2.40. The van der Waals surface area contributed by atoms with Crippen LogP contribution in [0.4, 0.5) is 0 Å². The molecule has 0 spiro atoms. The first-order valence-electron chi connectivity index (χ1n) is 10.9. The molecule has 1 aliphatic heterocycles. The maximum Gasteiger partial charge on any atom is 0.328 e. The molecule has 11 heteroatoms. The third-order valence-electron chi connectivity index (χ3n) is 5.59. The molecule has 6 atom stereocenters. The Bertz CT molecular complexity index is 1090. The fraction of sp³-hybridized carbons (Fsp3) is 0.320. The molecule has 0 aromatic heterocycles. The first-order chi connectivity index (χ1) is 17.2. The van der Waals surface area contributed by atoms with Crippen LogP contribution in [0.15, 0.2) is 48.6 Å². The molecule has 1 heterocycles. The maximum atomic E-state index is 11.1. The van der Waals surface area contributed by atoms with Gasteiger partial charge in [0.2, 0.25) is 0 Å². The fourth-order valence-electron chi connectivity index (χ4n) is 3.74. The van der Waals surface area contributed by atoms with Crippen LogP contribution in [0.2, 0.25) is 0 Å². The third kappa shape index (κ3) is 6.21. The molecule has 36 heavy (non-hydrogen) atoms. The Hall–Kier alpha value is -3.45. The highest BCUT2D eigenvalue weighted by Gasteiger charge is 2.45. The SMILES string of the molecule is COc1c(O)ccc(/C=C\C(=O)O)c1C(/C=C/c1ccc(O)cc1)O[C@@H]1O[C@H](CO)[C@@H](O)[C@@H](O)[C@H]1O. The van der Waals surface area contributed by atoms with Crippen LogP contribution < -0.4 is 4.74 Å². The molecule has 0 aliphatic carbocycles. The fourth-order valence-corrected chi connectivity index (χ4v) is 3.74. The third-order valence-corrected chi connectivity index (χ3v) is 5.59. The van der Waals surface area contributed by atoms with Gasteiger partial charge in [-0.05, 0) is 35.4 Å². The molecule has 1 fully saturated rings. The van der Waals surface area contributed by atoms with Gasteiger partial charge in [0.1, 0.15) is 36.3 Å². The van der Waals surface area contributed by atoms with E-state index in [2.05, 4.69) is 0 Å². The minimum Gasteiger partial charge on any atom is -0.508 e. The predicted molar refractivity (Wildman–Crippen MR) is 126 cm³/mol. The van der Waals surface area contributed by atoms with Crippen molar-refractivity contribution in [3.8, 4) is 17.2 Å². The monoisotopic (exact) mass is 504 g/mol. The Morgan fingerprint density at radius 1 is 1.03 bits per heavy atom. The molecule has 194 valence electrons. The van der Waals surface area contributed by atoms with Gasteiger partial charge in [-0.25, -0.2) is 4.79 Å². The number of aliphatic carboxylic acids is 1.